The van der Waals surface area contributed by atoms with Crippen LogP contribution < -0.4 is 5.32 Å². The average Bonchev–Trinajstić information content (AvgIpc) is 2.54. The first-order valence-corrected chi connectivity index (χ1v) is 6.11. The van der Waals surface area contributed by atoms with E-state index in [1.54, 1.807) is 0 Å². The SMILES string of the molecule is CC1OC(C)C(C(=O)Nc2ccccc2)C1C. The molecule has 4 atom stereocenters. The van der Waals surface area contributed by atoms with Crippen molar-refractivity contribution in [3.8, 4) is 0 Å². The summed E-state index contributed by atoms with van der Waals surface area (Å²) >= 11 is 0. The Morgan fingerprint density at radius 1 is 1.12 bits per heavy atom. The van der Waals surface area contributed by atoms with Crippen LogP contribution in [0.5, 0.6) is 0 Å². The number of amides is 1. The van der Waals surface area contributed by atoms with Crippen LogP contribution in [0, 0.1) is 11.8 Å². The standard InChI is InChI=1S/C14H19NO2/c1-9-10(2)17-11(3)13(9)14(16)15-12-7-5-4-6-8-12/h4-11,13H,1-3H3,(H,15,16). The van der Waals surface area contributed by atoms with Crippen molar-refractivity contribution < 1.29 is 9.53 Å². The number of hydrogen-bond acceptors (Lipinski definition) is 2. The third-order valence-electron chi connectivity index (χ3n) is 3.59. The molecule has 3 nitrogen and oxygen atoms in total. The molecular weight excluding hydrogens is 214 g/mol. The Bertz CT molecular complexity index is 390. The largest absolute Gasteiger partial charge is 0.374 e. The zero-order valence-electron chi connectivity index (χ0n) is 10.5. The van der Waals surface area contributed by atoms with E-state index in [0.29, 0.717) is 0 Å². The fourth-order valence-electron chi connectivity index (χ4n) is 2.47. The van der Waals surface area contributed by atoms with Gasteiger partial charge in [0, 0.05) is 5.69 Å². The maximum absolute atomic E-state index is 12.2. The van der Waals surface area contributed by atoms with Gasteiger partial charge < -0.3 is 10.1 Å². The fourth-order valence-corrected chi connectivity index (χ4v) is 2.47. The van der Waals surface area contributed by atoms with Gasteiger partial charge in [-0.1, -0.05) is 25.1 Å². The second-order valence-electron chi connectivity index (χ2n) is 4.79. The van der Waals surface area contributed by atoms with Crippen LogP contribution in [0.4, 0.5) is 5.69 Å². The van der Waals surface area contributed by atoms with E-state index in [9.17, 15) is 4.79 Å². The van der Waals surface area contributed by atoms with Crippen molar-refractivity contribution in [3.63, 3.8) is 0 Å². The minimum atomic E-state index is -0.0646. The topological polar surface area (TPSA) is 38.3 Å². The van der Waals surface area contributed by atoms with E-state index in [1.165, 1.54) is 0 Å². The molecule has 1 amide bonds. The Hall–Kier alpha value is -1.35. The van der Waals surface area contributed by atoms with Crippen molar-refractivity contribution in [1.29, 1.82) is 0 Å². The van der Waals surface area contributed by atoms with Gasteiger partial charge in [-0.05, 0) is 31.9 Å². The summed E-state index contributed by atoms with van der Waals surface area (Å²) in [6.07, 6.45) is 0.139. The molecule has 3 heteroatoms. The highest BCUT2D eigenvalue weighted by Crippen LogP contribution is 2.32. The number of benzene rings is 1. The van der Waals surface area contributed by atoms with E-state index in [4.69, 9.17) is 4.74 Å². The van der Waals surface area contributed by atoms with Crippen molar-refractivity contribution in [3.05, 3.63) is 30.3 Å². The quantitative estimate of drug-likeness (QED) is 0.853. The van der Waals surface area contributed by atoms with Gasteiger partial charge in [0.2, 0.25) is 5.91 Å². The zero-order valence-corrected chi connectivity index (χ0v) is 10.5. The number of rotatable bonds is 2. The molecule has 1 N–H and O–H groups in total. The molecule has 2 rings (SSSR count). The van der Waals surface area contributed by atoms with Crippen molar-refractivity contribution >= 4 is 11.6 Å². The van der Waals surface area contributed by atoms with Crippen LogP contribution in [0.3, 0.4) is 0 Å². The van der Waals surface area contributed by atoms with Crippen LogP contribution in [0.1, 0.15) is 20.8 Å². The lowest BCUT2D eigenvalue weighted by Crippen LogP contribution is -2.31. The lowest BCUT2D eigenvalue weighted by Gasteiger charge is -2.17. The molecule has 1 aromatic rings. The number of nitrogens with one attached hydrogen (secondary N) is 1. The molecule has 0 bridgehead atoms. The van der Waals surface area contributed by atoms with Gasteiger partial charge in [-0.2, -0.15) is 0 Å². The molecule has 92 valence electrons. The second kappa shape index (κ2) is 4.88. The molecule has 0 spiro atoms. The lowest BCUT2D eigenvalue weighted by atomic mass is 9.89. The van der Waals surface area contributed by atoms with Gasteiger partial charge >= 0.3 is 0 Å². The van der Waals surface area contributed by atoms with Crippen molar-refractivity contribution in [2.75, 3.05) is 5.32 Å². The molecule has 0 radical (unpaired) electrons. The van der Waals surface area contributed by atoms with E-state index in [-0.39, 0.29) is 30.0 Å². The Morgan fingerprint density at radius 2 is 1.76 bits per heavy atom. The zero-order chi connectivity index (χ0) is 12.4. The summed E-state index contributed by atoms with van der Waals surface area (Å²) in [6, 6.07) is 9.55. The van der Waals surface area contributed by atoms with E-state index in [2.05, 4.69) is 12.2 Å². The number of hydrogen-bond donors (Lipinski definition) is 1. The number of carbonyl (C=O) groups excluding carboxylic acids is 1. The molecule has 1 saturated heterocycles. The molecule has 1 heterocycles. The van der Waals surface area contributed by atoms with Gasteiger partial charge in [0.05, 0.1) is 18.1 Å². The third-order valence-corrected chi connectivity index (χ3v) is 3.59. The van der Waals surface area contributed by atoms with E-state index in [1.807, 2.05) is 44.2 Å². The first kappa shape index (κ1) is 12.1. The molecule has 0 aliphatic carbocycles. The average molecular weight is 233 g/mol. The molecule has 1 aliphatic heterocycles. The van der Waals surface area contributed by atoms with Gasteiger partial charge in [-0.15, -0.1) is 0 Å². The predicted molar refractivity (Wildman–Crippen MR) is 67.7 cm³/mol. The fraction of sp³-hybridized carbons (Fsp3) is 0.500. The third kappa shape index (κ3) is 2.50. The van der Waals surface area contributed by atoms with E-state index < -0.39 is 0 Å². The van der Waals surface area contributed by atoms with Gasteiger partial charge in [0.15, 0.2) is 0 Å². The van der Waals surface area contributed by atoms with Gasteiger partial charge in [0.25, 0.3) is 0 Å². The highest BCUT2D eigenvalue weighted by Gasteiger charge is 2.41. The summed E-state index contributed by atoms with van der Waals surface area (Å²) in [6.45, 7) is 6.07. The Labute approximate surface area is 102 Å². The number of anilines is 1. The van der Waals surface area contributed by atoms with Gasteiger partial charge in [-0.25, -0.2) is 0 Å². The first-order chi connectivity index (χ1) is 8.09. The number of carbonyl (C=O) groups is 1. The first-order valence-electron chi connectivity index (χ1n) is 6.11. The minimum absolute atomic E-state index is 0.0105. The summed E-state index contributed by atoms with van der Waals surface area (Å²) in [4.78, 5) is 12.2. The minimum Gasteiger partial charge on any atom is -0.374 e. The molecule has 0 aromatic heterocycles. The second-order valence-corrected chi connectivity index (χ2v) is 4.79. The molecule has 0 saturated carbocycles. The monoisotopic (exact) mass is 233 g/mol. The maximum Gasteiger partial charge on any atom is 0.230 e. The summed E-state index contributed by atoms with van der Waals surface area (Å²) in [5.74, 6) is 0.250. The van der Waals surface area contributed by atoms with Crippen LogP contribution in [-0.4, -0.2) is 18.1 Å². The van der Waals surface area contributed by atoms with Crippen molar-refractivity contribution in [2.24, 2.45) is 11.8 Å². The van der Waals surface area contributed by atoms with E-state index >= 15 is 0 Å². The normalized spacial score (nSPS) is 32.4. The Balaban J connectivity index is 2.06. The molecule has 1 aromatic carbocycles. The van der Waals surface area contributed by atoms with Crippen molar-refractivity contribution in [1.82, 2.24) is 0 Å². The van der Waals surface area contributed by atoms with Gasteiger partial charge in [-0.3, -0.25) is 4.79 Å². The summed E-state index contributed by atoms with van der Waals surface area (Å²) < 4.78 is 5.68. The summed E-state index contributed by atoms with van der Waals surface area (Å²) in [5, 5.41) is 2.95. The van der Waals surface area contributed by atoms with Crippen molar-refractivity contribution in [2.45, 2.75) is 33.0 Å². The highest BCUT2D eigenvalue weighted by atomic mass is 16.5. The summed E-state index contributed by atoms with van der Waals surface area (Å²) in [7, 11) is 0. The van der Waals surface area contributed by atoms with Gasteiger partial charge in [0.1, 0.15) is 0 Å². The Morgan fingerprint density at radius 3 is 2.29 bits per heavy atom. The number of ether oxygens (including phenoxy) is 1. The van der Waals surface area contributed by atoms with Crippen LogP contribution in [0.2, 0.25) is 0 Å². The number of para-hydroxylation sites is 1. The lowest BCUT2D eigenvalue weighted by molar-refractivity contribution is -0.121. The summed E-state index contributed by atoms with van der Waals surface area (Å²) in [5.41, 5.74) is 0.844. The predicted octanol–water partition coefficient (Wildman–Crippen LogP) is 2.68. The smallest absolute Gasteiger partial charge is 0.230 e. The van der Waals surface area contributed by atoms with E-state index in [0.717, 1.165) is 5.69 Å². The molecular formula is C14H19NO2. The van der Waals surface area contributed by atoms with Crippen LogP contribution in [-0.2, 0) is 9.53 Å². The van der Waals surface area contributed by atoms with Crippen LogP contribution >= 0.6 is 0 Å². The molecule has 4 unspecified atom stereocenters. The van der Waals surface area contributed by atoms with Crippen LogP contribution in [0.15, 0.2) is 30.3 Å². The molecule has 1 fully saturated rings. The maximum atomic E-state index is 12.2. The molecule has 17 heavy (non-hydrogen) atoms. The highest BCUT2D eigenvalue weighted by molar-refractivity contribution is 5.93. The molecule has 1 aliphatic rings. The Kier molecular flexibility index (Phi) is 3.48. The van der Waals surface area contributed by atoms with Crippen LogP contribution in [0.25, 0.3) is 0 Å².